The molecule has 0 unspecified atom stereocenters. The van der Waals surface area contributed by atoms with Crippen LogP contribution >= 0.6 is 22.9 Å². The lowest BCUT2D eigenvalue weighted by Gasteiger charge is -1.96. The monoisotopic (exact) mass is 253 g/mol. The van der Waals surface area contributed by atoms with Crippen LogP contribution in [0.25, 0.3) is 10.6 Å². The van der Waals surface area contributed by atoms with Crippen LogP contribution < -0.4 is 0 Å². The van der Waals surface area contributed by atoms with E-state index in [1.165, 1.54) is 11.3 Å². The van der Waals surface area contributed by atoms with E-state index in [9.17, 15) is 4.79 Å². The largest absolute Gasteiger partial charge is 0.461 e. The highest BCUT2D eigenvalue weighted by atomic mass is 35.5. The molecule has 0 amide bonds. The van der Waals surface area contributed by atoms with E-state index in [-0.39, 0.29) is 6.61 Å². The van der Waals surface area contributed by atoms with Crippen molar-refractivity contribution < 1.29 is 9.53 Å². The highest BCUT2D eigenvalue weighted by Gasteiger charge is 2.04. The second-order valence-corrected chi connectivity index (χ2v) is 4.35. The van der Waals surface area contributed by atoms with Crippen LogP contribution in [0.2, 0.25) is 5.02 Å². The standard InChI is InChI=1S/C11H8ClNO2S/c12-9-3-1-8(2-4-9)11-13-10(6-16-11)5-15-7-14/h1-4,6-7H,5H2. The van der Waals surface area contributed by atoms with Gasteiger partial charge in [-0.3, -0.25) is 4.79 Å². The van der Waals surface area contributed by atoms with E-state index in [4.69, 9.17) is 11.6 Å². The fourth-order valence-electron chi connectivity index (χ4n) is 1.22. The summed E-state index contributed by atoms with van der Waals surface area (Å²) in [6.45, 7) is 0.634. The lowest BCUT2D eigenvalue weighted by atomic mass is 10.2. The summed E-state index contributed by atoms with van der Waals surface area (Å²) < 4.78 is 4.63. The predicted molar refractivity (Wildman–Crippen MR) is 63.4 cm³/mol. The molecule has 3 nitrogen and oxygen atoms in total. The molecule has 0 aliphatic carbocycles. The van der Waals surface area contributed by atoms with Crippen molar-refractivity contribution in [3.05, 3.63) is 40.4 Å². The van der Waals surface area contributed by atoms with Gasteiger partial charge in [0.25, 0.3) is 6.47 Å². The molecule has 82 valence electrons. The summed E-state index contributed by atoms with van der Waals surface area (Å²) in [5.74, 6) is 0. The second kappa shape index (κ2) is 5.09. The summed E-state index contributed by atoms with van der Waals surface area (Å²) in [7, 11) is 0. The Balaban J connectivity index is 2.17. The number of carbonyl (C=O) groups excluding carboxylic acids is 1. The van der Waals surface area contributed by atoms with E-state index < -0.39 is 0 Å². The molecule has 0 saturated carbocycles. The zero-order chi connectivity index (χ0) is 11.4. The number of thiazole rings is 1. The number of benzene rings is 1. The molecule has 16 heavy (non-hydrogen) atoms. The third-order valence-electron chi connectivity index (χ3n) is 1.94. The average Bonchev–Trinajstić information content (AvgIpc) is 2.76. The topological polar surface area (TPSA) is 39.2 Å². The first-order valence-corrected chi connectivity index (χ1v) is 5.81. The Morgan fingerprint density at radius 1 is 1.38 bits per heavy atom. The Morgan fingerprint density at radius 3 is 2.81 bits per heavy atom. The Labute approximate surface area is 102 Å². The summed E-state index contributed by atoms with van der Waals surface area (Å²) in [6, 6.07) is 7.46. The molecule has 0 fully saturated rings. The molecule has 0 radical (unpaired) electrons. The van der Waals surface area contributed by atoms with Gasteiger partial charge in [-0.15, -0.1) is 11.3 Å². The lowest BCUT2D eigenvalue weighted by Crippen LogP contribution is -1.89. The van der Waals surface area contributed by atoms with Crippen molar-refractivity contribution in [1.82, 2.24) is 4.98 Å². The van der Waals surface area contributed by atoms with Gasteiger partial charge in [0, 0.05) is 16.0 Å². The Kier molecular flexibility index (Phi) is 3.54. The maximum Gasteiger partial charge on any atom is 0.293 e. The fourth-order valence-corrected chi connectivity index (χ4v) is 2.15. The maximum absolute atomic E-state index is 10.0. The molecule has 0 aliphatic rings. The van der Waals surface area contributed by atoms with Crippen LogP contribution in [0, 0.1) is 0 Å². The fraction of sp³-hybridized carbons (Fsp3) is 0.0909. The molecule has 0 aliphatic heterocycles. The number of aromatic nitrogens is 1. The minimum atomic E-state index is 0.216. The van der Waals surface area contributed by atoms with Crippen LogP contribution in [-0.4, -0.2) is 11.5 Å². The zero-order valence-corrected chi connectivity index (χ0v) is 9.79. The van der Waals surface area contributed by atoms with Crippen LogP contribution in [-0.2, 0) is 16.1 Å². The van der Waals surface area contributed by atoms with E-state index in [0.717, 1.165) is 16.3 Å². The van der Waals surface area contributed by atoms with Gasteiger partial charge in [-0.05, 0) is 12.1 Å². The molecule has 2 rings (SSSR count). The first kappa shape index (κ1) is 11.1. The van der Waals surface area contributed by atoms with Gasteiger partial charge in [-0.25, -0.2) is 4.98 Å². The number of carbonyl (C=O) groups is 1. The summed E-state index contributed by atoms with van der Waals surface area (Å²) >= 11 is 7.31. The first-order chi connectivity index (χ1) is 7.79. The maximum atomic E-state index is 10.0. The number of hydrogen-bond donors (Lipinski definition) is 0. The third-order valence-corrected chi connectivity index (χ3v) is 3.13. The molecular formula is C11H8ClNO2S. The number of hydrogen-bond acceptors (Lipinski definition) is 4. The summed E-state index contributed by atoms with van der Waals surface area (Å²) in [4.78, 5) is 14.4. The van der Waals surface area contributed by atoms with Crippen molar-refractivity contribution in [3.8, 4) is 10.6 Å². The van der Waals surface area contributed by atoms with Crippen LogP contribution in [0.4, 0.5) is 0 Å². The lowest BCUT2D eigenvalue weighted by molar-refractivity contribution is -0.129. The van der Waals surface area contributed by atoms with E-state index in [0.29, 0.717) is 11.5 Å². The molecule has 2 aromatic rings. The van der Waals surface area contributed by atoms with Gasteiger partial charge in [-0.2, -0.15) is 0 Å². The normalized spacial score (nSPS) is 10.1. The molecule has 0 atom stereocenters. The van der Waals surface area contributed by atoms with E-state index >= 15 is 0 Å². The van der Waals surface area contributed by atoms with Gasteiger partial charge in [0.2, 0.25) is 0 Å². The molecule has 1 aromatic heterocycles. The Bertz CT molecular complexity index is 481. The van der Waals surface area contributed by atoms with Gasteiger partial charge in [0.15, 0.2) is 0 Å². The quantitative estimate of drug-likeness (QED) is 0.786. The average molecular weight is 254 g/mol. The van der Waals surface area contributed by atoms with Crippen molar-refractivity contribution in [2.45, 2.75) is 6.61 Å². The van der Waals surface area contributed by atoms with E-state index in [2.05, 4.69) is 9.72 Å². The highest BCUT2D eigenvalue weighted by Crippen LogP contribution is 2.25. The smallest absolute Gasteiger partial charge is 0.293 e. The number of ether oxygens (including phenoxy) is 1. The molecule has 5 heteroatoms. The number of nitrogens with zero attached hydrogens (tertiary/aromatic N) is 1. The van der Waals surface area contributed by atoms with Crippen molar-refractivity contribution in [2.24, 2.45) is 0 Å². The second-order valence-electron chi connectivity index (χ2n) is 3.06. The molecule has 0 N–H and O–H groups in total. The predicted octanol–water partition coefficient (Wildman–Crippen LogP) is 3.14. The number of rotatable bonds is 4. The Hall–Kier alpha value is -1.39. The molecule has 1 heterocycles. The van der Waals surface area contributed by atoms with Gasteiger partial charge in [0.05, 0.1) is 5.69 Å². The van der Waals surface area contributed by atoms with Gasteiger partial charge in [0.1, 0.15) is 11.6 Å². The van der Waals surface area contributed by atoms with Crippen LogP contribution in [0.3, 0.4) is 0 Å². The minimum Gasteiger partial charge on any atom is -0.461 e. The van der Waals surface area contributed by atoms with E-state index in [1.807, 2.05) is 29.6 Å². The molecule has 0 bridgehead atoms. The highest BCUT2D eigenvalue weighted by molar-refractivity contribution is 7.13. The van der Waals surface area contributed by atoms with Gasteiger partial charge in [-0.1, -0.05) is 23.7 Å². The van der Waals surface area contributed by atoms with Gasteiger partial charge >= 0.3 is 0 Å². The summed E-state index contributed by atoms with van der Waals surface area (Å²) in [6.07, 6.45) is 0. The number of halogens is 1. The van der Waals surface area contributed by atoms with Crippen molar-refractivity contribution in [3.63, 3.8) is 0 Å². The Morgan fingerprint density at radius 2 is 2.12 bits per heavy atom. The molecule has 0 spiro atoms. The summed E-state index contributed by atoms with van der Waals surface area (Å²) in [5, 5.41) is 3.46. The molecule has 1 aromatic carbocycles. The molecule has 0 saturated heterocycles. The van der Waals surface area contributed by atoms with Gasteiger partial charge < -0.3 is 4.74 Å². The van der Waals surface area contributed by atoms with Crippen LogP contribution in [0.15, 0.2) is 29.6 Å². The zero-order valence-electron chi connectivity index (χ0n) is 8.22. The van der Waals surface area contributed by atoms with Crippen LogP contribution in [0.1, 0.15) is 5.69 Å². The van der Waals surface area contributed by atoms with Crippen molar-refractivity contribution >= 4 is 29.4 Å². The third kappa shape index (κ3) is 2.59. The SMILES string of the molecule is O=COCc1csc(-c2ccc(Cl)cc2)n1. The minimum absolute atomic E-state index is 0.216. The van der Waals surface area contributed by atoms with Crippen molar-refractivity contribution in [2.75, 3.05) is 0 Å². The summed E-state index contributed by atoms with van der Waals surface area (Å²) in [5.41, 5.74) is 1.76. The van der Waals surface area contributed by atoms with Crippen LogP contribution in [0.5, 0.6) is 0 Å². The van der Waals surface area contributed by atoms with E-state index in [1.54, 1.807) is 0 Å². The first-order valence-electron chi connectivity index (χ1n) is 4.55. The van der Waals surface area contributed by atoms with Crippen molar-refractivity contribution in [1.29, 1.82) is 0 Å². The molecular weight excluding hydrogens is 246 g/mol.